The Bertz CT molecular complexity index is 613. The van der Waals surface area contributed by atoms with Crippen LogP contribution in [0.4, 0.5) is 5.69 Å². The van der Waals surface area contributed by atoms with Crippen molar-refractivity contribution in [3.63, 3.8) is 0 Å². The summed E-state index contributed by atoms with van der Waals surface area (Å²) in [5, 5.41) is 8.40. The first-order valence-electron chi connectivity index (χ1n) is 7.67. The molecule has 0 aromatic carbocycles. The summed E-state index contributed by atoms with van der Waals surface area (Å²) in [7, 11) is -0.811. The molecule has 0 spiro atoms. The van der Waals surface area contributed by atoms with Gasteiger partial charge in [-0.25, -0.2) is 4.98 Å². The van der Waals surface area contributed by atoms with Gasteiger partial charge >= 0.3 is 7.12 Å². The van der Waals surface area contributed by atoms with E-state index in [-0.39, 0.29) is 31.7 Å². The van der Waals surface area contributed by atoms with E-state index >= 15 is 0 Å². The number of nitrogens with zero attached hydrogens (tertiary/aromatic N) is 1. The Hall–Kier alpha value is -0.933. The maximum Gasteiger partial charge on any atom is 0.514 e. The summed E-state index contributed by atoms with van der Waals surface area (Å²) in [6.45, 7) is 13.5. The number of hydrogen-bond acceptors (Lipinski definition) is 5. The fourth-order valence-corrected chi connectivity index (χ4v) is 2.12. The van der Waals surface area contributed by atoms with Crippen molar-refractivity contribution in [1.82, 2.24) is 4.98 Å². The first kappa shape index (κ1) is 21.1. The van der Waals surface area contributed by atoms with E-state index in [9.17, 15) is 0 Å². The molecular formula is C16H25BN3O3Pd-. The van der Waals surface area contributed by atoms with Crippen molar-refractivity contribution < 1.29 is 34.5 Å². The third-order valence-corrected chi connectivity index (χ3v) is 4.07. The van der Waals surface area contributed by atoms with Crippen molar-refractivity contribution in [3.05, 3.63) is 23.6 Å². The van der Waals surface area contributed by atoms with E-state index in [4.69, 9.17) is 25.2 Å². The van der Waals surface area contributed by atoms with Gasteiger partial charge in [0, 0.05) is 32.7 Å². The molecule has 8 heteroatoms. The van der Waals surface area contributed by atoms with Gasteiger partial charge in [0.15, 0.2) is 0 Å². The monoisotopic (exact) mass is 424 g/mol. The summed E-state index contributed by atoms with van der Waals surface area (Å²) in [4.78, 5) is 4.10. The number of hydrogen-bond donors (Lipinski definition) is 1. The molecule has 0 aliphatic carbocycles. The summed E-state index contributed by atoms with van der Waals surface area (Å²) < 4.78 is 17.5. The van der Waals surface area contributed by atoms with Gasteiger partial charge in [-0.2, -0.15) is 0 Å². The Morgan fingerprint density at radius 1 is 1.21 bits per heavy atom. The Morgan fingerprint density at radius 3 is 2.17 bits per heavy atom. The van der Waals surface area contributed by atoms with E-state index in [0.29, 0.717) is 11.4 Å². The van der Waals surface area contributed by atoms with Gasteiger partial charge in [-0.05, 0) is 54.0 Å². The summed E-state index contributed by atoms with van der Waals surface area (Å²) in [5.41, 5.74) is 7.22. The maximum absolute atomic E-state index is 8.40. The van der Waals surface area contributed by atoms with Crippen molar-refractivity contribution in [2.75, 3.05) is 0 Å². The number of nitrogens with one attached hydrogen (secondary N) is 2. The Kier molecular flexibility index (Phi) is 5.94. The summed E-state index contributed by atoms with van der Waals surface area (Å²) >= 11 is 0. The van der Waals surface area contributed by atoms with Gasteiger partial charge in [0.1, 0.15) is 5.60 Å². The van der Waals surface area contributed by atoms with Gasteiger partial charge in [0.25, 0.3) is 0 Å². The van der Waals surface area contributed by atoms with E-state index in [1.165, 1.54) is 6.20 Å². The molecule has 1 aromatic rings. The topological polar surface area (TPSA) is 88.2 Å². The molecule has 1 aliphatic heterocycles. The normalized spacial score (nSPS) is 18.9. The van der Waals surface area contributed by atoms with Crippen LogP contribution < -0.4 is 4.74 Å². The largest absolute Gasteiger partial charge is 0.697 e. The van der Waals surface area contributed by atoms with E-state index in [2.05, 4.69) is 4.98 Å². The molecular weight excluding hydrogens is 399 g/mol. The fourth-order valence-electron chi connectivity index (χ4n) is 2.12. The molecule has 0 saturated carbocycles. The Morgan fingerprint density at radius 2 is 1.71 bits per heavy atom. The molecule has 1 aromatic heterocycles. The maximum atomic E-state index is 8.40. The fraction of sp³-hybridized carbons (Fsp3) is 0.625. The average Bonchev–Trinajstić information content (AvgIpc) is 2.58. The molecule has 2 rings (SSSR count). The second-order valence-corrected chi connectivity index (χ2v) is 7.78. The summed E-state index contributed by atoms with van der Waals surface area (Å²) in [6, 6.07) is 1.60. The second kappa shape index (κ2) is 6.76. The predicted octanol–water partition coefficient (Wildman–Crippen LogP) is 3.94. The predicted molar refractivity (Wildman–Crippen MR) is 91.5 cm³/mol. The molecule has 24 heavy (non-hydrogen) atoms. The quantitative estimate of drug-likeness (QED) is 0.588. The second-order valence-electron chi connectivity index (χ2n) is 7.78. The van der Waals surface area contributed by atoms with Gasteiger partial charge in [-0.15, -0.1) is 5.69 Å². The third-order valence-electron chi connectivity index (χ3n) is 4.07. The van der Waals surface area contributed by atoms with Crippen molar-refractivity contribution in [3.8, 4) is 5.88 Å². The Labute approximate surface area is 158 Å². The molecule has 6 nitrogen and oxygen atoms in total. The van der Waals surface area contributed by atoms with Crippen LogP contribution in [0.3, 0.4) is 0 Å². The number of aromatic nitrogens is 1. The number of ether oxygens (including phenoxy) is 1. The van der Waals surface area contributed by atoms with Crippen LogP contribution in [0.1, 0.15) is 54.0 Å². The molecule has 136 valence electrons. The smallest absolute Gasteiger partial charge is 0.514 e. The molecule has 1 aliphatic rings. The van der Waals surface area contributed by atoms with E-state index in [0.717, 1.165) is 0 Å². The van der Waals surface area contributed by atoms with Crippen LogP contribution in [0.15, 0.2) is 12.3 Å². The first-order valence-corrected chi connectivity index (χ1v) is 7.67. The average molecular weight is 425 g/mol. The number of rotatable bonds is 3. The zero-order valence-electron chi connectivity index (χ0n) is 15.2. The number of pyridine rings is 1. The van der Waals surface area contributed by atoms with Crippen LogP contribution in [0.25, 0.3) is 5.73 Å². The summed E-state index contributed by atoms with van der Waals surface area (Å²) in [5.74, 6) is 0.379. The van der Waals surface area contributed by atoms with E-state index < -0.39 is 23.9 Å². The van der Waals surface area contributed by atoms with Crippen LogP contribution in [-0.4, -0.2) is 34.5 Å². The van der Waals surface area contributed by atoms with Crippen LogP contribution in [0.5, 0.6) is 5.88 Å². The SMILES string of the molecule is CC(C)(C)Oc1cc(C(=N)B2OC(C)(C)C(C)(C)O2)c([NH-])cn1.[Pd]. The van der Waals surface area contributed by atoms with Crippen LogP contribution in [0.2, 0.25) is 0 Å². The van der Waals surface area contributed by atoms with Crippen LogP contribution in [0, 0.1) is 5.41 Å². The summed E-state index contributed by atoms with van der Waals surface area (Å²) in [6.07, 6.45) is 1.39. The van der Waals surface area contributed by atoms with Gasteiger partial charge in [-0.3, -0.25) is 0 Å². The molecule has 0 unspecified atom stereocenters. The zero-order chi connectivity index (χ0) is 17.6. The first-order chi connectivity index (χ1) is 10.3. The van der Waals surface area contributed by atoms with Crippen molar-refractivity contribution in [2.24, 2.45) is 0 Å². The molecule has 0 amide bonds. The van der Waals surface area contributed by atoms with Gasteiger partial charge in [0.2, 0.25) is 5.88 Å². The van der Waals surface area contributed by atoms with E-state index in [1.54, 1.807) is 6.07 Å². The van der Waals surface area contributed by atoms with E-state index in [1.807, 2.05) is 48.5 Å². The molecule has 2 heterocycles. The molecule has 0 bridgehead atoms. The Balaban J connectivity index is 0.00000288. The molecule has 2 N–H and O–H groups in total. The van der Waals surface area contributed by atoms with Gasteiger partial charge < -0.3 is 25.2 Å². The third kappa shape index (κ3) is 4.37. The van der Waals surface area contributed by atoms with Crippen LogP contribution >= 0.6 is 0 Å². The van der Waals surface area contributed by atoms with Crippen molar-refractivity contribution in [1.29, 1.82) is 5.41 Å². The van der Waals surface area contributed by atoms with Gasteiger partial charge in [0.05, 0.1) is 16.8 Å². The minimum Gasteiger partial charge on any atom is -0.697 e. The molecule has 1 fully saturated rings. The zero-order valence-corrected chi connectivity index (χ0v) is 16.8. The minimum absolute atomic E-state index is 0. The van der Waals surface area contributed by atoms with Gasteiger partial charge in [-0.1, -0.05) is 0 Å². The standard InChI is InChI=1S/C16H25BN3O3.Pd/c1-14(2,3)21-12-8-10(11(18)9-20-12)13(19)17-22-15(4,5)16(6,7)23-17;/h8-9,18-19H,1-7H3;/q-1;. The molecule has 0 radical (unpaired) electrons. The minimum atomic E-state index is -0.811. The van der Waals surface area contributed by atoms with Crippen molar-refractivity contribution in [2.45, 2.75) is 65.3 Å². The van der Waals surface area contributed by atoms with Crippen LogP contribution in [-0.2, 0) is 29.7 Å². The molecule has 0 atom stereocenters. The molecule has 1 saturated heterocycles. The van der Waals surface area contributed by atoms with Crippen molar-refractivity contribution >= 4 is 18.4 Å².